The number of aryl methyl sites for hydroxylation is 1. The highest BCUT2D eigenvalue weighted by Gasteiger charge is 2.38. The molecule has 0 saturated heterocycles. The third kappa shape index (κ3) is 3.16. The monoisotopic (exact) mass is 428 g/mol. The summed E-state index contributed by atoms with van der Waals surface area (Å²) in [4.78, 5) is 0. The molecule has 2 N–H and O–H groups in total. The van der Waals surface area contributed by atoms with Gasteiger partial charge in [-0.05, 0) is 43.3 Å². The van der Waals surface area contributed by atoms with Crippen LogP contribution in [-0.4, -0.2) is 9.78 Å². The maximum atomic E-state index is 9.84. The Morgan fingerprint density at radius 1 is 1.10 bits per heavy atom. The molecule has 1 unspecified atom stereocenters. The normalized spacial score (nSPS) is 15.3. The van der Waals surface area contributed by atoms with Gasteiger partial charge in [0, 0.05) is 10.6 Å². The average molecular weight is 429 g/mol. The Balaban J connectivity index is 1.66. The van der Waals surface area contributed by atoms with Crippen LogP contribution in [0.4, 0.5) is 0 Å². The Bertz CT molecular complexity index is 1360. The number of benzene rings is 2. The van der Waals surface area contributed by atoms with Crippen molar-refractivity contribution in [2.24, 2.45) is 5.73 Å². The third-order valence-electron chi connectivity index (χ3n) is 5.25. The van der Waals surface area contributed by atoms with Crippen LogP contribution in [0.25, 0.3) is 17.0 Å². The summed E-state index contributed by atoms with van der Waals surface area (Å²) in [5.41, 5.74) is 9.60. The largest absolute Gasteiger partial charge is 0.460 e. The van der Waals surface area contributed by atoms with Crippen LogP contribution in [0.2, 0.25) is 5.02 Å². The van der Waals surface area contributed by atoms with E-state index in [0.717, 1.165) is 22.5 Å². The minimum Gasteiger partial charge on any atom is -0.460 e. The Hall–Kier alpha value is -3.95. The Labute approximate surface area is 183 Å². The van der Waals surface area contributed by atoms with Crippen molar-refractivity contribution in [2.75, 3.05) is 0 Å². The Morgan fingerprint density at radius 2 is 1.90 bits per heavy atom. The summed E-state index contributed by atoms with van der Waals surface area (Å²) in [5.74, 6) is 1.21. The summed E-state index contributed by atoms with van der Waals surface area (Å²) >= 11 is 6.13. The molecular formula is C24H17ClN4O2. The van der Waals surface area contributed by atoms with Crippen molar-refractivity contribution in [1.82, 2.24) is 9.78 Å². The lowest BCUT2D eigenvalue weighted by atomic mass is 9.88. The molecule has 5 rings (SSSR count). The van der Waals surface area contributed by atoms with Crippen molar-refractivity contribution >= 4 is 11.6 Å². The minimum atomic E-state index is -0.529. The number of aromatic nitrogens is 2. The summed E-state index contributed by atoms with van der Waals surface area (Å²) < 4.78 is 13.8. The van der Waals surface area contributed by atoms with Crippen LogP contribution < -0.4 is 10.5 Å². The lowest BCUT2D eigenvalue weighted by Gasteiger charge is -2.23. The van der Waals surface area contributed by atoms with Crippen LogP contribution in [0.3, 0.4) is 0 Å². The van der Waals surface area contributed by atoms with Crippen molar-refractivity contribution in [3.8, 4) is 29.0 Å². The first-order valence-electron chi connectivity index (χ1n) is 9.65. The lowest BCUT2D eigenvalue weighted by molar-refractivity contribution is 0.361. The van der Waals surface area contributed by atoms with Gasteiger partial charge in [0.05, 0.1) is 22.9 Å². The summed E-state index contributed by atoms with van der Waals surface area (Å²) in [6, 6.07) is 22.9. The van der Waals surface area contributed by atoms with Gasteiger partial charge in [0.25, 0.3) is 0 Å². The molecule has 1 atom stereocenters. The zero-order valence-electron chi connectivity index (χ0n) is 16.5. The Morgan fingerprint density at radius 3 is 2.65 bits per heavy atom. The molecule has 3 heterocycles. The van der Waals surface area contributed by atoms with Crippen molar-refractivity contribution in [2.45, 2.75) is 12.8 Å². The van der Waals surface area contributed by atoms with Gasteiger partial charge in [-0.1, -0.05) is 41.9 Å². The molecule has 152 valence electrons. The van der Waals surface area contributed by atoms with Gasteiger partial charge in [-0.3, -0.25) is 0 Å². The van der Waals surface area contributed by atoms with Crippen LogP contribution in [-0.2, 0) is 0 Å². The van der Waals surface area contributed by atoms with Crippen molar-refractivity contribution < 1.29 is 9.15 Å². The third-order valence-corrected chi connectivity index (χ3v) is 5.49. The number of para-hydroxylation sites is 1. The predicted molar refractivity (Wildman–Crippen MR) is 117 cm³/mol. The number of nitriles is 1. The van der Waals surface area contributed by atoms with Gasteiger partial charge in [0.1, 0.15) is 23.2 Å². The van der Waals surface area contributed by atoms with Gasteiger partial charge in [0.2, 0.25) is 11.8 Å². The quantitative estimate of drug-likeness (QED) is 0.477. The highest BCUT2D eigenvalue weighted by Crippen LogP contribution is 2.45. The number of ether oxygens (including phenoxy) is 1. The van der Waals surface area contributed by atoms with E-state index in [4.69, 9.17) is 26.5 Å². The highest BCUT2D eigenvalue weighted by atomic mass is 35.5. The minimum absolute atomic E-state index is 0.0396. The first-order chi connectivity index (χ1) is 15.1. The van der Waals surface area contributed by atoms with E-state index in [-0.39, 0.29) is 11.5 Å². The first-order valence-corrected chi connectivity index (χ1v) is 10.0. The number of fused-ring (bicyclic) bond motifs is 1. The van der Waals surface area contributed by atoms with Crippen LogP contribution in [0.5, 0.6) is 5.88 Å². The average Bonchev–Trinajstić information content (AvgIpc) is 3.39. The Kier molecular flexibility index (Phi) is 4.54. The van der Waals surface area contributed by atoms with Crippen LogP contribution in [0.15, 0.2) is 82.6 Å². The van der Waals surface area contributed by atoms with Crippen molar-refractivity contribution in [1.29, 1.82) is 5.26 Å². The standard InChI is InChI=1S/C24H17ClN4O2/c1-14-21-22(20-11-10-19(30-20)15-6-5-7-16(25)12-15)18(13-26)23(27)31-24(21)29(28-14)17-8-3-2-4-9-17/h2-12,22H,27H2,1H3. The second-order valence-electron chi connectivity index (χ2n) is 7.19. The summed E-state index contributed by atoms with van der Waals surface area (Å²) in [6.45, 7) is 1.88. The van der Waals surface area contributed by atoms with Crippen LogP contribution >= 0.6 is 11.6 Å². The van der Waals surface area contributed by atoms with Gasteiger partial charge < -0.3 is 14.9 Å². The molecule has 1 aliphatic rings. The molecule has 2 aromatic carbocycles. The van der Waals surface area contributed by atoms with Gasteiger partial charge >= 0.3 is 0 Å². The maximum Gasteiger partial charge on any atom is 0.229 e. The zero-order valence-corrected chi connectivity index (χ0v) is 17.3. The van der Waals surface area contributed by atoms with E-state index >= 15 is 0 Å². The smallest absolute Gasteiger partial charge is 0.229 e. The number of furan rings is 1. The molecule has 0 fully saturated rings. The number of rotatable bonds is 3. The zero-order chi connectivity index (χ0) is 21.5. The van der Waals surface area contributed by atoms with Crippen molar-refractivity contribution in [3.05, 3.63) is 100 Å². The topological polar surface area (TPSA) is 90.0 Å². The highest BCUT2D eigenvalue weighted by molar-refractivity contribution is 6.30. The van der Waals surface area contributed by atoms with Gasteiger partial charge in [-0.2, -0.15) is 10.4 Å². The number of halogens is 1. The molecule has 4 aromatic rings. The van der Waals surface area contributed by atoms with Crippen LogP contribution in [0.1, 0.15) is 22.9 Å². The lowest BCUT2D eigenvalue weighted by Crippen LogP contribution is -2.21. The fourth-order valence-electron chi connectivity index (χ4n) is 3.85. The second kappa shape index (κ2) is 7.38. The van der Waals surface area contributed by atoms with E-state index in [1.807, 2.05) is 67.6 Å². The molecule has 0 bridgehead atoms. The number of nitrogens with zero attached hydrogens (tertiary/aromatic N) is 3. The van der Waals surface area contributed by atoms with Gasteiger partial charge in [0.15, 0.2) is 0 Å². The predicted octanol–water partition coefficient (Wildman–Crippen LogP) is 5.31. The van der Waals surface area contributed by atoms with Crippen LogP contribution in [0, 0.1) is 18.3 Å². The molecule has 6 nitrogen and oxygen atoms in total. The second-order valence-corrected chi connectivity index (χ2v) is 7.63. The van der Waals surface area contributed by atoms with E-state index in [0.29, 0.717) is 22.4 Å². The van der Waals surface area contributed by atoms with Gasteiger partial charge in [-0.25, -0.2) is 4.68 Å². The molecule has 0 amide bonds. The summed E-state index contributed by atoms with van der Waals surface area (Å²) in [7, 11) is 0. The molecule has 0 spiro atoms. The fraction of sp³-hybridized carbons (Fsp3) is 0.0833. The molecular weight excluding hydrogens is 412 g/mol. The van der Waals surface area contributed by atoms with E-state index in [1.165, 1.54) is 0 Å². The van der Waals surface area contributed by atoms with E-state index < -0.39 is 5.92 Å². The molecule has 0 saturated carbocycles. The maximum absolute atomic E-state index is 9.84. The van der Waals surface area contributed by atoms with E-state index in [9.17, 15) is 5.26 Å². The van der Waals surface area contributed by atoms with E-state index in [1.54, 1.807) is 10.7 Å². The molecule has 1 aliphatic heterocycles. The molecule has 0 aliphatic carbocycles. The number of allylic oxidation sites excluding steroid dienone is 1. The number of hydrogen-bond acceptors (Lipinski definition) is 5. The summed E-state index contributed by atoms with van der Waals surface area (Å²) in [6.07, 6.45) is 0. The molecule has 0 radical (unpaired) electrons. The van der Waals surface area contributed by atoms with E-state index in [2.05, 4.69) is 11.2 Å². The molecule has 31 heavy (non-hydrogen) atoms. The summed E-state index contributed by atoms with van der Waals surface area (Å²) in [5, 5.41) is 15.1. The number of nitrogens with two attached hydrogens (primary N) is 1. The SMILES string of the molecule is Cc1nn(-c2ccccc2)c2c1C(c1ccc(-c3cccc(Cl)c3)o1)C(C#N)=C(N)O2. The number of hydrogen-bond donors (Lipinski definition) is 1. The first kappa shape index (κ1) is 19.0. The van der Waals surface area contributed by atoms with Gasteiger partial charge in [-0.15, -0.1) is 0 Å². The molecule has 2 aromatic heterocycles. The molecule has 7 heteroatoms. The fourth-order valence-corrected chi connectivity index (χ4v) is 4.04. The van der Waals surface area contributed by atoms with Crippen molar-refractivity contribution in [3.63, 3.8) is 0 Å².